The average molecular weight is 561 g/mol. The molecule has 42 heavy (non-hydrogen) atoms. The summed E-state index contributed by atoms with van der Waals surface area (Å²) in [6.07, 6.45) is 9.53. The van der Waals surface area contributed by atoms with E-state index >= 15 is 0 Å². The highest BCUT2D eigenvalue weighted by atomic mass is 15.1. The molecule has 1 saturated heterocycles. The van der Waals surface area contributed by atoms with Crippen LogP contribution in [0.5, 0.6) is 0 Å². The number of hydrogen-bond donors (Lipinski definition) is 2. The van der Waals surface area contributed by atoms with Crippen LogP contribution in [-0.2, 0) is 6.42 Å². The summed E-state index contributed by atoms with van der Waals surface area (Å²) in [6, 6.07) is 22.0. The van der Waals surface area contributed by atoms with Crippen LogP contribution in [0.4, 0.5) is 17.1 Å². The van der Waals surface area contributed by atoms with Gasteiger partial charge < -0.3 is 15.2 Å². The minimum atomic E-state index is 0.448. The second-order valence-corrected chi connectivity index (χ2v) is 12.1. The summed E-state index contributed by atoms with van der Waals surface area (Å²) in [5.74, 6) is 1.28. The Labute approximate surface area is 253 Å². The molecule has 0 amide bonds. The SMILES string of the molecule is C=C(/C(=C\C(C)CCC)c1ccc2[nH]c(CC)c(Nc3ccc(N4CCC(CCC)C4)cc3)c2c1)c1cccc(C)n1. The number of fused-ring (bicyclic) bond motifs is 1. The van der Waals surface area contributed by atoms with Gasteiger partial charge in [0.2, 0.25) is 0 Å². The van der Waals surface area contributed by atoms with E-state index in [9.17, 15) is 0 Å². The predicted molar refractivity (Wildman–Crippen MR) is 183 cm³/mol. The number of aryl methyl sites for hydroxylation is 2. The van der Waals surface area contributed by atoms with E-state index in [0.29, 0.717) is 5.92 Å². The highest BCUT2D eigenvalue weighted by Gasteiger charge is 2.22. The van der Waals surface area contributed by atoms with Crippen LogP contribution in [0.25, 0.3) is 22.0 Å². The summed E-state index contributed by atoms with van der Waals surface area (Å²) < 4.78 is 0. The van der Waals surface area contributed by atoms with Crippen molar-refractivity contribution in [2.24, 2.45) is 11.8 Å². The minimum absolute atomic E-state index is 0.448. The molecule has 220 valence electrons. The number of benzene rings is 2. The van der Waals surface area contributed by atoms with E-state index in [0.717, 1.165) is 64.6 Å². The van der Waals surface area contributed by atoms with Crippen LogP contribution in [0, 0.1) is 18.8 Å². The zero-order valence-corrected chi connectivity index (χ0v) is 26.3. The van der Waals surface area contributed by atoms with Gasteiger partial charge in [0.05, 0.1) is 11.4 Å². The Hall–Kier alpha value is -3.79. The smallest absolute Gasteiger partial charge is 0.0705 e. The first kappa shape index (κ1) is 29.7. The van der Waals surface area contributed by atoms with Crippen molar-refractivity contribution in [3.05, 3.63) is 96.0 Å². The van der Waals surface area contributed by atoms with Gasteiger partial charge in [-0.2, -0.15) is 0 Å². The standard InChI is InChI=1S/C38H48N4/c1-7-11-26(4)23-33(28(6)36-14-10-13-27(5)39-36)30-15-20-37-34(24-30)38(35(9-3)41-37)40-31-16-18-32(19-17-31)42-22-21-29(25-42)12-8-2/h10,13-20,23-24,26,29,40-41H,6-9,11-12,21-22,25H2,1-5H3/b33-23+. The lowest BCUT2D eigenvalue weighted by Crippen LogP contribution is -2.19. The fourth-order valence-corrected chi connectivity index (χ4v) is 6.48. The van der Waals surface area contributed by atoms with Gasteiger partial charge in [0, 0.05) is 52.3 Å². The number of anilines is 3. The number of pyridine rings is 1. The maximum Gasteiger partial charge on any atom is 0.0705 e. The van der Waals surface area contributed by atoms with E-state index in [1.54, 1.807) is 0 Å². The first-order chi connectivity index (χ1) is 20.4. The average Bonchev–Trinajstić information content (AvgIpc) is 3.60. The summed E-state index contributed by atoms with van der Waals surface area (Å²) in [6.45, 7) is 18.0. The first-order valence-corrected chi connectivity index (χ1v) is 16.0. The van der Waals surface area contributed by atoms with Crippen LogP contribution in [0.1, 0.15) is 82.4 Å². The molecule has 0 aliphatic carbocycles. The zero-order valence-electron chi connectivity index (χ0n) is 26.3. The Kier molecular flexibility index (Phi) is 9.51. The summed E-state index contributed by atoms with van der Waals surface area (Å²) >= 11 is 0. The Morgan fingerprint density at radius 2 is 1.90 bits per heavy atom. The molecule has 0 spiro atoms. The van der Waals surface area contributed by atoms with Crippen LogP contribution < -0.4 is 10.2 Å². The van der Waals surface area contributed by atoms with Gasteiger partial charge in [-0.05, 0) is 104 Å². The summed E-state index contributed by atoms with van der Waals surface area (Å²) in [7, 11) is 0. The predicted octanol–water partition coefficient (Wildman–Crippen LogP) is 10.3. The number of hydrogen-bond acceptors (Lipinski definition) is 3. The second-order valence-electron chi connectivity index (χ2n) is 12.1. The van der Waals surface area contributed by atoms with Crippen molar-refractivity contribution < 1.29 is 0 Å². The quantitative estimate of drug-likeness (QED) is 0.169. The molecule has 4 heteroatoms. The van der Waals surface area contributed by atoms with E-state index in [1.165, 1.54) is 54.7 Å². The van der Waals surface area contributed by atoms with Gasteiger partial charge in [-0.1, -0.05) is 65.3 Å². The van der Waals surface area contributed by atoms with Crippen LogP contribution in [0.2, 0.25) is 0 Å². The number of H-pyrrole nitrogens is 1. The number of nitrogens with one attached hydrogen (secondary N) is 2. The van der Waals surface area contributed by atoms with Gasteiger partial charge >= 0.3 is 0 Å². The molecule has 2 aromatic carbocycles. The number of allylic oxidation sites excluding steroid dienone is 3. The monoisotopic (exact) mass is 560 g/mol. The van der Waals surface area contributed by atoms with Crippen LogP contribution >= 0.6 is 0 Å². The molecule has 4 aromatic rings. The molecule has 2 aromatic heterocycles. The third-order valence-corrected chi connectivity index (χ3v) is 8.74. The lowest BCUT2D eigenvalue weighted by molar-refractivity contribution is 0.530. The van der Waals surface area contributed by atoms with Gasteiger partial charge in [-0.15, -0.1) is 0 Å². The molecule has 0 saturated carbocycles. The van der Waals surface area contributed by atoms with E-state index < -0.39 is 0 Å². The summed E-state index contributed by atoms with van der Waals surface area (Å²) in [5, 5.41) is 4.99. The zero-order chi connectivity index (χ0) is 29.6. The van der Waals surface area contributed by atoms with E-state index in [-0.39, 0.29) is 0 Å². The van der Waals surface area contributed by atoms with Crippen LogP contribution in [0.3, 0.4) is 0 Å². The van der Waals surface area contributed by atoms with Crippen molar-refractivity contribution in [1.82, 2.24) is 9.97 Å². The molecule has 4 nitrogen and oxygen atoms in total. The molecule has 1 aliphatic heterocycles. The molecule has 2 atom stereocenters. The Balaban J connectivity index is 1.47. The van der Waals surface area contributed by atoms with Gasteiger partial charge in [0.25, 0.3) is 0 Å². The summed E-state index contributed by atoms with van der Waals surface area (Å²) in [4.78, 5) is 11.0. The number of aromatic amines is 1. The second kappa shape index (κ2) is 13.5. The normalized spacial score (nSPS) is 16.3. The highest BCUT2D eigenvalue weighted by Crippen LogP contribution is 2.37. The number of nitrogens with zero attached hydrogens (tertiary/aromatic N) is 2. The molecule has 0 radical (unpaired) electrons. The molecule has 2 N–H and O–H groups in total. The molecule has 1 fully saturated rings. The van der Waals surface area contributed by atoms with Crippen LogP contribution in [-0.4, -0.2) is 23.1 Å². The third kappa shape index (κ3) is 6.64. The van der Waals surface area contributed by atoms with E-state index in [2.05, 4.69) is 110 Å². The fourth-order valence-electron chi connectivity index (χ4n) is 6.48. The van der Waals surface area contributed by atoms with Gasteiger partial charge in [0.15, 0.2) is 0 Å². The molecule has 0 bridgehead atoms. The Morgan fingerprint density at radius 3 is 2.62 bits per heavy atom. The van der Waals surface area contributed by atoms with Gasteiger partial charge in [-0.3, -0.25) is 4.98 Å². The van der Waals surface area contributed by atoms with Crippen molar-refractivity contribution in [1.29, 1.82) is 0 Å². The van der Waals surface area contributed by atoms with Gasteiger partial charge in [-0.25, -0.2) is 0 Å². The molecular weight excluding hydrogens is 512 g/mol. The van der Waals surface area contributed by atoms with Crippen molar-refractivity contribution in [2.45, 2.75) is 73.1 Å². The largest absolute Gasteiger partial charge is 0.371 e. The van der Waals surface area contributed by atoms with Crippen molar-refractivity contribution in [2.75, 3.05) is 23.3 Å². The lowest BCUT2D eigenvalue weighted by atomic mass is 9.91. The van der Waals surface area contributed by atoms with Crippen molar-refractivity contribution in [3.8, 4) is 0 Å². The Morgan fingerprint density at radius 1 is 1.10 bits per heavy atom. The third-order valence-electron chi connectivity index (χ3n) is 8.74. The first-order valence-electron chi connectivity index (χ1n) is 16.0. The van der Waals surface area contributed by atoms with E-state index in [4.69, 9.17) is 4.98 Å². The molecule has 1 aliphatic rings. The van der Waals surface area contributed by atoms with Gasteiger partial charge in [0.1, 0.15) is 0 Å². The highest BCUT2D eigenvalue weighted by molar-refractivity contribution is 6.06. The molecule has 3 heterocycles. The number of aromatic nitrogens is 2. The lowest BCUT2D eigenvalue weighted by Gasteiger charge is -2.19. The van der Waals surface area contributed by atoms with Crippen molar-refractivity contribution in [3.63, 3.8) is 0 Å². The molecular formula is C38H48N4. The maximum absolute atomic E-state index is 4.81. The Bertz CT molecular complexity index is 1540. The van der Waals surface area contributed by atoms with Crippen molar-refractivity contribution >= 4 is 39.1 Å². The number of rotatable bonds is 12. The fraction of sp³-hybridized carbons (Fsp3) is 0.395. The topological polar surface area (TPSA) is 44.0 Å². The summed E-state index contributed by atoms with van der Waals surface area (Å²) in [5.41, 5.74) is 11.2. The van der Waals surface area contributed by atoms with E-state index in [1.807, 2.05) is 13.0 Å². The maximum atomic E-state index is 4.81. The molecule has 2 unspecified atom stereocenters. The molecule has 5 rings (SSSR count). The minimum Gasteiger partial charge on any atom is -0.371 e. The van der Waals surface area contributed by atoms with Crippen LogP contribution in [0.15, 0.2) is 73.3 Å².